The van der Waals surface area contributed by atoms with Crippen LogP contribution in [0.25, 0.3) is 0 Å². The quantitative estimate of drug-likeness (QED) is 0.843. The number of hydrogen-bond donors (Lipinski definition) is 1. The maximum absolute atomic E-state index is 12.2. The Morgan fingerprint density at radius 2 is 1.91 bits per heavy atom. The topological polar surface area (TPSA) is 58.6 Å². The predicted molar refractivity (Wildman–Crippen MR) is 87.9 cm³/mol. The van der Waals surface area contributed by atoms with Gasteiger partial charge in [0.15, 0.2) is 0 Å². The van der Waals surface area contributed by atoms with Crippen LogP contribution in [0.3, 0.4) is 0 Å². The van der Waals surface area contributed by atoms with Crippen LogP contribution in [0.4, 0.5) is 0 Å². The van der Waals surface area contributed by atoms with Gasteiger partial charge in [-0.2, -0.15) is 0 Å². The second-order valence-electron chi connectivity index (χ2n) is 7.69. The van der Waals surface area contributed by atoms with Crippen molar-refractivity contribution in [2.75, 3.05) is 26.2 Å². The van der Waals surface area contributed by atoms with Gasteiger partial charge in [0.05, 0.1) is 5.60 Å². The molecule has 1 spiro atoms. The Balaban J connectivity index is 1.44. The summed E-state index contributed by atoms with van der Waals surface area (Å²) in [6.07, 6.45) is 8.39. The summed E-state index contributed by atoms with van der Waals surface area (Å²) < 4.78 is 6.16. The molecule has 5 nitrogen and oxygen atoms in total. The number of ether oxygens (including phenoxy) is 1. The van der Waals surface area contributed by atoms with E-state index in [1.807, 2.05) is 4.90 Å². The molecule has 2 heterocycles. The van der Waals surface area contributed by atoms with Crippen LogP contribution in [0, 0.1) is 11.8 Å². The zero-order chi connectivity index (χ0) is 16.3. The van der Waals surface area contributed by atoms with E-state index in [-0.39, 0.29) is 11.5 Å². The lowest BCUT2D eigenvalue weighted by Gasteiger charge is -2.46. The van der Waals surface area contributed by atoms with Crippen molar-refractivity contribution < 1.29 is 14.3 Å². The minimum absolute atomic E-state index is 0.0184. The second-order valence-corrected chi connectivity index (χ2v) is 7.69. The summed E-state index contributed by atoms with van der Waals surface area (Å²) in [5.41, 5.74) is -0.0184. The number of piperidine rings is 1. The highest BCUT2D eigenvalue weighted by Crippen LogP contribution is 2.39. The van der Waals surface area contributed by atoms with Crippen LogP contribution in [-0.4, -0.2) is 48.6 Å². The van der Waals surface area contributed by atoms with Gasteiger partial charge in [0.25, 0.3) is 0 Å². The Morgan fingerprint density at radius 3 is 2.57 bits per heavy atom. The lowest BCUT2D eigenvalue weighted by molar-refractivity contribution is -0.147. The normalized spacial score (nSPS) is 27.0. The van der Waals surface area contributed by atoms with E-state index in [9.17, 15) is 9.59 Å². The van der Waals surface area contributed by atoms with E-state index in [0.717, 1.165) is 64.8 Å². The number of hydrogen-bond acceptors (Lipinski definition) is 3. The Kier molecular flexibility index (Phi) is 5.24. The van der Waals surface area contributed by atoms with Gasteiger partial charge in [0.2, 0.25) is 11.8 Å². The highest BCUT2D eigenvalue weighted by atomic mass is 16.5. The molecule has 1 unspecified atom stereocenters. The van der Waals surface area contributed by atoms with E-state index in [1.54, 1.807) is 6.92 Å². The fourth-order valence-electron chi connectivity index (χ4n) is 4.04. The van der Waals surface area contributed by atoms with Crippen molar-refractivity contribution in [1.82, 2.24) is 10.2 Å². The van der Waals surface area contributed by atoms with Gasteiger partial charge in [-0.15, -0.1) is 0 Å². The van der Waals surface area contributed by atoms with Crippen LogP contribution < -0.4 is 5.32 Å². The Labute approximate surface area is 139 Å². The fraction of sp³-hybridized carbons (Fsp3) is 0.889. The fourth-order valence-corrected chi connectivity index (χ4v) is 4.04. The Morgan fingerprint density at radius 1 is 1.17 bits per heavy atom. The second kappa shape index (κ2) is 7.20. The minimum Gasteiger partial charge on any atom is -0.375 e. The van der Waals surface area contributed by atoms with E-state index in [2.05, 4.69) is 5.32 Å². The molecule has 3 fully saturated rings. The lowest BCUT2D eigenvalue weighted by atomic mass is 9.78. The van der Waals surface area contributed by atoms with Gasteiger partial charge in [-0.05, 0) is 56.8 Å². The standard InChI is InChI=1S/C18H30N2O3/c1-14(21)19-8-4-16-5-11-23-18(13-16)6-9-20(10-7-18)17(22)12-15-2-3-15/h15-16H,2-13H2,1H3,(H,19,21). The molecule has 3 aliphatic rings. The number of carbonyl (C=O) groups excluding carboxylic acids is 2. The summed E-state index contributed by atoms with van der Waals surface area (Å²) in [7, 11) is 0. The first kappa shape index (κ1) is 16.7. The van der Waals surface area contributed by atoms with Gasteiger partial charge in [-0.3, -0.25) is 9.59 Å². The molecule has 0 aromatic carbocycles. The molecule has 23 heavy (non-hydrogen) atoms. The molecule has 2 amide bonds. The third-order valence-corrected chi connectivity index (χ3v) is 5.71. The molecule has 1 N–H and O–H groups in total. The number of nitrogens with zero attached hydrogens (tertiary/aromatic N) is 1. The van der Waals surface area contributed by atoms with Crippen molar-refractivity contribution in [3.05, 3.63) is 0 Å². The minimum atomic E-state index is -0.0184. The SMILES string of the molecule is CC(=O)NCCC1CCOC2(CCN(C(=O)CC3CC3)CC2)C1. The van der Waals surface area contributed by atoms with Gasteiger partial charge in [-0.25, -0.2) is 0 Å². The van der Waals surface area contributed by atoms with Crippen LogP contribution >= 0.6 is 0 Å². The number of carbonyl (C=O) groups is 2. The molecule has 1 saturated carbocycles. The molecular weight excluding hydrogens is 292 g/mol. The number of nitrogens with one attached hydrogen (secondary N) is 1. The largest absolute Gasteiger partial charge is 0.375 e. The monoisotopic (exact) mass is 322 g/mol. The van der Waals surface area contributed by atoms with E-state index in [4.69, 9.17) is 4.74 Å². The molecule has 1 atom stereocenters. The van der Waals surface area contributed by atoms with Crippen molar-refractivity contribution in [3.8, 4) is 0 Å². The molecule has 0 aromatic rings. The number of amides is 2. The molecule has 5 heteroatoms. The first-order chi connectivity index (χ1) is 11.1. The lowest BCUT2D eigenvalue weighted by Crippen LogP contribution is -2.51. The maximum Gasteiger partial charge on any atom is 0.222 e. The molecule has 130 valence electrons. The van der Waals surface area contributed by atoms with Crippen molar-refractivity contribution in [3.63, 3.8) is 0 Å². The molecule has 0 bridgehead atoms. The molecule has 1 aliphatic carbocycles. The summed E-state index contributed by atoms with van der Waals surface area (Å²) in [4.78, 5) is 25.3. The zero-order valence-corrected chi connectivity index (χ0v) is 14.3. The third kappa shape index (κ3) is 4.69. The van der Waals surface area contributed by atoms with Gasteiger partial charge < -0.3 is 15.0 Å². The van der Waals surface area contributed by atoms with Crippen LogP contribution in [0.2, 0.25) is 0 Å². The van der Waals surface area contributed by atoms with Gasteiger partial charge >= 0.3 is 0 Å². The van der Waals surface area contributed by atoms with Crippen LogP contribution in [0.1, 0.15) is 58.3 Å². The smallest absolute Gasteiger partial charge is 0.222 e. The first-order valence-corrected chi connectivity index (χ1v) is 9.22. The number of likely N-dealkylation sites (tertiary alicyclic amines) is 1. The Hall–Kier alpha value is -1.10. The van der Waals surface area contributed by atoms with Crippen LogP contribution in [-0.2, 0) is 14.3 Å². The van der Waals surface area contributed by atoms with Gasteiger partial charge in [0, 0.05) is 39.6 Å². The zero-order valence-electron chi connectivity index (χ0n) is 14.3. The summed E-state index contributed by atoms with van der Waals surface area (Å²) in [5, 5.41) is 2.90. The van der Waals surface area contributed by atoms with Crippen molar-refractivity contribution in [2.45, 2.75) is 63.9 Å². The van der Waals surface area contributed by atoms with Crippen molar-refractivity contribution in [1.29, 1.82) is 0 Å². The molecule has 3 rings (SSSR count). The average molecular weight is 322 g/mol. The van der Waals surface area contributed by atoms with Gasteiger partial charge in [0.1, 0.15) is 0 Å². The first-order valence-electron chi connectivity index (χ1n) is 9.22. The summed E-state index contributed by atoms with van der Waals surface area (Å²) in [6.45, 7) is 4.86. The van der Waals surface area contributed by atoms with Crippen molar-refractivity contribution in [2.24, 2.45) is 11.8 Å². The van der Waals surface area contributed by atoms with Crippen molar-refractivity contribution >= 4 is 11.8 Å². The summed E-state index contributed by atoms with van der Waals surface area (Å²) in [5.74, 6) is 1.70. The molecular formula is C18H30N2O3. The molecule has 2 aliphatic heterocycles. The van der Waals surface area contributed by atoms with E-state index in [0.29, 0.717) is 17.7 Å². The molecule has 2 saturated heterocycles. The highest BCUT2D eigenvalue weighted by Gasteiger charge is 2.41. The van der Waals surface area contributed by atoms with E-state index in [1.165, 1.54) is 12.8 Å². The molecule has 0 aromatic heterocycles. The average Bonchev–Trinajstić information content (AvgIpc) is 3.32. The number of rotatable bonds is 5. The highest BCUT2D eigenvalue weighted by molar-refractivity contribution is 5.76. The third-order valence-electron chi connectivity index (χ3n) is 5.71. The van der Waals surface area contributed by atoms with Crippen LogP contribution in [0.15, 0.2) is 0 Å². The van der Waals surface area contributed by atoms with E-state index < -0.39 is 0 Å². The maximum atomic E-state index is 12.2. The summed E-state index contributed by atoms with van der Waals surface area (Å²) >= 11 is 0. The van der Waals surface area contributed by atoms with Gasteiger partial charge in [-0.1, -0.05) is 0 Å². The van der Waals surface area contributed by atoms with E-state index >= 15 is 0 Å². The molecule has 0 radical (unpaired) electrons. The predicted octanol–water partition coefficient (Wildman–Crippen LogP) is 2.10. The Bertz CT molecular complexity index is 440. The summed E-state index contributed by atoms with van der Waals surface area (Å²) in [6, 6.07) is 0. The van der Waals surface area contributed by atoms with Crippen LogP contribution in [0.5, 0.6) is 0 Å².